The molecule has 0 radical (unpaired) electrons. The van der Waals surface area contributed by atoms with Gasteiger partial charge in [-0.3, -0.25) is 4.79 Å². The van der Waals surface area contributed by atoms with Crippen LogP contribution in [0.3, 0.4) is 0 Å². The van der Waals surface area contributed by atoms with E-state index >= 15 is 0 Å². The molecule has 1 aromatic carbocycles. The van der Waals surface area contributed by atoms with Gasteiger partial charge >= 0.3 is 0 Å². The number of phenols is 1. The molecule has 22 heavy (non-hydrogen) atoms. The highest BCUT2D eigenvalue weighted by Crippen LogP contribution is 2.34. The second-order valence-corrected chi connectivity index (χ2v) is 4.90. The fourth-order valence-corrected chi connectivity index (χ4v) is 1.96. The van der Waals surface area contributed by atoms with Crippen molar-refractivity contribution in [2.24, 2.45) is 5.10 Å². The van der Waals surface area contributed by atoms with Crippen LogP contribution in [-0.4, -0.2) is 44.5 Å². The normalized spacial score (nSPS) is 10.8. The zero-order chi connectivity index (χ0) is 16.1. The summed E-state index contributed by atoms with van der Waals surface area (Å²) in [5, 5.41) is 23.8. The van der Waals surface area contributed by atoms with Gasteiger partial charge in [0.1, 0.15) is 6.54 Å². The van der Waals surface area contributed by atoms with Crippen LogP contribution in [0.2, 0.25) is 0 Å². The Balaban J connectivity index is 1.99. The predicted octanol–water partition coefficient (Wildman–Crippen LogP) is -0.118. The monoisotopic (exact) mass is 369 g/mol. The van der Waals surface area contributed by atoms with Gasteiger partial charge in [-0.05, 0) is 44.1 Å². The highest BCUT2D eigenvalue weighted by molar-refractivity contribution is 9.10. The maximum atomic E-state index is 11.6. The number of nitrogens with zero attached hydrogens (tertiary/aromatic N) is 5. The van der Waals surface area contributed by atoms with Gasteiger partial charge in [0.2, 0.25) is 5.95 Å². The second-order valence-electron chi connectivity index (χ2n) is 4.04. The first-order chi connectivity index (χ1) is 10.5. The van der Waals surface area contributed by atoms with E-state index in [1.165, 1.54) is 13.3 Å². The van der Waals surface area contributed by atoms with Crippen LogP contribution >= 0.6 is 15.9 Å². The smallest absolute Gasteiger partial charge is 0.261 e. The number of methoxy groups -OCH3 is 1. The number of nitrogen functional groups attached to an aromatic ring is 1. The molecule has 1 amide bonds. The Morgan fingerprint density at radius 2 is 2.41 bits per heavy atom. The molecule has 0 spiro atoms. The van der Waals surface area contributed by atoms with Crippen LogP contribution in [0.4, 0.5) is 5.95 Å². The van der Waals surface area contributed by atoms with Crippen LogP contribution in [0, 0.1) is 0 Å². The maximum absolute atomic E-state index is 11.6. The van der Waals surface area contributed by atoms with E-state index in [4.69, 9.17) is 10.5 Å². The van der Waals surface area contributed by atoms with Crippen LogP contribution in [-0.2, 0) is 11.3 Å². The van der Waals surface area contributed by atoms with E-state index in [1.807, 2.05) is 0 Å². The molecule has 0 saturated heterocycles. The molecule has 2 aromatic rings. The standard InChI is InChI=1S/C11H12BrN7O3/c1-22-8-3-6(2-7(12)10(8)21)4-14-15-9(20)5-19-11(13)16-17-18-19/h2-4,21H,5H2,1H3,(H,15,20)(H2,13,16,18). The summed E-state index contributed by atoms with van der Waals surface area (Å²) < 4.78 is 6.58. The molecule has 116 valence electrons. The number of rotatable bonds is 5. The number of phenolic OH excluding ortho intramolecular Hbond substituents is 1. The molecule has 11 heteroatoms. The number of nitrogens with one attached hydrogen (secondary N) is 1. The Morgan fingerprint density at radius 3 is 3.05 bits per heavy atom. The number of nitrogens with two attached hydrogens (primary N) is 1. The molecule has 4 N–H and O–H groups in total. The van der Waals surface area contributed by atoms with E-state index in [2.05, 4.69) is 42.0 Å². The van der Waals surface area contributed by atoms with Gasteiger partial charge in [0.05, 0.1) is 17.8 Å². The Hall–Kier alpha value is -2.69. The fourth-order valence-electron chi connectivity index (χ4n) is 1.50. The van der Waals surface area contributed by atoms with Crippen molar-refractivity contribution in [3.05, 3.63) is 22.2 Å². The van der Waals surface area contributed by atoms with Gasteiger partial charge in [0.15, 0.2) is 11.5 Å². The number of carbonyl (C=O) groups excluding carboxylic acids is 1. The number of hydrogen-bond donors (Lipinski definition) is 3. The first-order valence-electron chi connectivity index (χ1n) is 5.91. The van der Waals surface area contributed by atoms with Crippen molar-refractivity contribution in [2.45, 2.75) is 6.54 Å². The van der Waals surface area contributed by atoms with Gasteiger partial charge < -0.3 is 15.6 Å². The van der Waals surface area contributed by atoms with Crippen LogP contribution in [0.25, 0.3) is 0 Å². The number of halogens is 1. The number of carbonyl (C=O) groups is 1. The number of hydrazone groups is 1. The number of ether oxygens (including phenoxy) is 1. The number of anilines is 1. The molecular weight excluding hydrogens is 358 g/mol. The van der Waals surface area contributed by atoms with Crippen molar-refractivity contribution in [2.75, 3.05) is 12.8 Å². The lowest BCUT2D eigenvalue weighted by molar-refractivity contribution is -0.121. The van der Waals surface area contributed by atoms with Gasteiger partial charge in [-0.2, -0.15) is 5.10 Å². The van der Waals surface area contributed by atoms with E-state index in [-0.39, 0.29) is 24.0 Å². The Bertz CT molecular complexity index is 716. The van der Waals surface area contributed by atoms with E-state index in [9.17, 15) is 9.90 Å². The SMILES string of the molecule is COc1cc(C=NNC(=O)Cn2nnnc2N)cc(Br)c1O. The summed E-state index contributed by atoms with van der Waals surface area (Å²) in [6.45, 7) is -0.154. The van der Waals surface area contributed by atoms with Crippen LogP contribution < -0.4 is 15.9 Å². The summed E-state index contributed by atoms with van der Waals surface area (Å²) in [4.78, 5) is 11.6. The van der Waals surface area contributed by atoms with Crippen LogP contribution in [0.1, 0.15) is 5.56 Å². The number of aromatic nitrogens is 4. The van der Waals surface area contributed by atoms with Crippen LogP contribution in [0.5, 0.6) is 11.5 Å². The molecule has 0 aliphatic heterocycles. The molecule has 0 unspecified atom stereocenters. The third-order valence-corrected chi connectivity index (χ3v) is 3.13. The lowest BCUT2D eigenvalue weighted by Crippen LogP contribution is -2.24. The minimum Gasteiger partial charge on any atom is -0.503 e. The number of tetrazole rings is 1. The summed E-state index contributed by atoms with van der Waals surface area (Å²) in [7, 11) is 1.43. The first-order valence-corrected chi connectivity index (χ1v) is 6.70. The van der Waals surface area contributed by atoms with Gasteiger partial charge in [0.25, 0.3) is 5.91 Å². The first kappa shape index (κ1) is 15.7. The average molecular weight is 370 g/mol. The molecule has 1 heterocycles. The number of hydrogen-bond acceptors (Lipinski definition) is 8. The van der Waals surface area contributed by atoms with Crippen molar-refractivity contribution in [3.63, 3.8) is 0 Å². The molecule has 2 rings (SSSR count). The largest absolute Gasteiger partial charge is 0.503 e. The molecule has 0 bridgehead atoms. The zero-order valence-corrected chi connectivity index (χ0v) is 13.0. The van der Waals surface area contributed by atoms with E-state index in [0.717, 1.165) is 4.68 Å². The van der Waals surface area contributed by atoms with Gasteiger partial charge in [-0.1, -0.05) is 5.10 Å². The number of benzene rings is 1. The third kappa shape index (κ3) is 3.69. The van der Waals surface area contributed by atoms with E-state index in [0.29, 0.717) is 10.0 Å². The third-order valence-electron chi connectivity index (χ3n) is 2.53. The summed E-state index contributed by atoms with van der Waals surface area (Å²) in [6.07, 6.45) is 1.40. The van der Waals surface area contributed by atoms with Gasteiger partial charge in [-0.15, -0.1) is 0 Å². The lowest BCUT2D eigenvalue weighted by Gasteiger charge is -2.06. The summed E-state index contributed by atoms with van der Waals surface area (Å²) in [6, 6.07) is 3.18. The Morgan fingerprint density at radius 1 is 1.64 bits per heavy atom. The topological polar surface area (TPSA) is 141 Å². The number of amides is 1. The Kier molecular flexibility index (Phi) is 4.88. The molecule has 0 atom stereocenters. The highest BCUT2D eigenvalue weighted by atomic mass is 79.9. The molecular formula is C11H12BrN7O3. The highest BCUT2D eigenvalue weighted by Gasteiger charge is 2.08. The maximum Gasteiger partial charge on any atom is 0.261 e. The molecule has 0 aliphatic rings. The minimum absolute atomic E-state index is 0.0159. The van der Waals surface area contributed by atoms with Crippen molar-refractivity contribution < 1.29 is 14.6 Å². The lowest BCUT2D eigenvalue weighted by atomic mass is 10.2. The van der Waals surface area contributed by atoms with Crippen LogP contribution in [0.15, 0.2) is 21.7 Å². The molecule has 1 aromatic heterocycles. The molecule has 0 saturated carbocycles. The summed E-state index contributed by atoms with van der Waals surface area (Å²) in [5.41, 5.74) is 8.36. The summed E-state index contributed by atoms with van der Waals surface area (Å²) >= 11 is 3.19. The molecule has 10 nitrogen and oxygen atoms in total. The fraction of sp³-hybridized carbons (Fsp3) is 0.182. The second kappa shape index (κ2) is 6.85. The quantitative estimate of drug-likeness (QED) is 0.492. The van der Waals surface area contributed by atoms with Crippen molar-refractivity contribution >= 4 is 34.0 Å². The zero-order valence-electron chi connectivity index (χ0n) is 11.4. The van der Waals surface area contributed by atoms with E-state index < -0.39 is 5.91 Å². The number of aromatic hydroxyl groups is 1. The van der Waals surface area contributed by atoms with Crippen molar-refractivity contribution in [3.8, 4) is 11.5 Å². The van der Waals surface area contributed by atoms with Gasteiger partial charge in [0, 0.05) is 0 Å². The van der Waals surface area contributed by atoms with E-state index in [1.54, 1.807) is 12.1 Å². The Labute approximate surface area is 133 Å². The van der Waals surface area contributed by atoms with Crippen molar-refractivity contribution in [1.82, 2.24) is 25.6 Å². The molecule has 0 fully saturated rings. The molecule has 0 aliphatic carbocycles. The van der Waals surface area contributed by atoms with Crippen molar-refractivity contribution in [1.29, 1.82) is 0 Å². The summed E-state index contributed by atoms with van der Waals surface area (Å²) in [5.74, 6) is -0.146. The predicted molar refractivity (Wildman–Crippen MR) is 80.3 cm³/mol. The van der Waals surface area contributed by atoms with Gasteiger partial charge in [-0.25, -0.2) is 10.1 Å². The minimum atomic E-state index is -0.444. The average Bonchev–Trinajstić information content (AvgIpc) is 2.87.